The van der Waals surface area contributed by atoms with E-state index in [9.17, 15) is 4.79 Å². The molecule has 1 amide bonds. The Bertz CT molecular complexity index is 921. The van der Waals surface area contributed by atoms with E-state index in [-0.39, 0.29) is 11.8 Å². The highest BCUT2D eigenvalue weighted by Gasteiger charge is 2.26. The van der Waals surface area contributed by atoms with E-state index in [1.165, 1.54) is 0 Å². The number of para-hydroxylation sites is 1. The number of piperidine rings is 1. The van der Waals surface area contributed by atoms with Crippen molar-refractivity contribution in [3.8, 4) is 0 Å². The van der Waals surface area contributed by atoms with Crippen LogP contribution in [0.1, 0.15) is 12.8 Å². The summed E-state index contributed by atoms with van der Waals surface area (Å²) < 4.78 is 0. The maximum Gasteiger partial charge on any atom is 0.227 e. The molecule has 1 saturated heterocycles. The summed E-state index contributed by atoms with van der Waals surface area (Å²) in [6, 6.07) is 17.5. The highest BCUT2D eigenvalue weighted by Crippen LogP contribution is 2.30. The lowest BCUT2D eigenvalue weighted by Gasteiger charge is -2.33. The van der Waals surface area contributed by atoms with E-state index in [1.807, 2.05) is 60.8 Å². The van der Waals surface area contributed by atoms with Crippen LogP contribution in [0.25, 0.3) is 10.9 Å². The van der Waals surface area contributed by atoms with E-state index in [2.05, 4.69) is 15.2 Å². The van der Waals surface area contributed by atoms with E-state index >= 15 is 0 Å². The molecule has 1 aliphatic rings. The Morgan fingerprint density at radius 1 is 1.08 bits per heavy atom. The van der Waals surface area contributed by atoms with Gasteiger partial charge in [0, 0.05) is 47.0 Å². The summed E-state index contributed by atoms with van der Waals surface area (Å²) >= 11 is 6.08. The molecule has 0 atom stereocenters. The Labute approximate surface area is 157 Å². The van der Waals surface area contributed by atoms with Gasteiger partial charge in [-0.2, -0.15) is 0 Å². The Kier molecular flexibility index (Phi) is 4.76. The lowest BCUT2D eigenvalue weighted by Crippen LogP contribution is -2.38. The van der Waals surface area contributed by atoms with Crippen LogP contribution < -0.4 is 10.2 Å². The number of nitrogens with zero attached hydrogens (tertiary/aromatic N) is 2. The first kappa shape index (κ1) is 16.9. The van der Waals surface area contributed by atoms with Crippen molar-refractivity contribution in [2.45, 2.75) is 12.8 Å². The molecule has 0 bridgehead atoms. The van der Waals surface area contributed by atoms with Crippen molar-refractivity contribution < 1.29 is 4.79 Å². The average Bonchev–Trinajstić information content (AvgIpc) is 2.68. The van der Waals surface area contributed by atoms with Gasteiger partial charge in [0.1, 0.15) is 0 Å². The van der Waals surface area contributed by atoms with E-state index in [4.69, 9.17) is 11.6 Å². The zero-order valence-corrected chi connectivity index (χ0v) is 15.1. The molecule has 2 heterocycles. The summed E-state index contributed by atoms with van der Waals surface area (Å²) in [5.41, 5.74) is 2.92. The number of pyridine rings is 1. The maximum atomic E-state index is 12.5. The zero-order chi connectivity index (χ0) is 17.9. The third-order valence-corrected chi connectivity index (χ3v) is 5.16. The number of anilines is 2. The summed E-state index contributed by atoms with van der Waals surface area (Å²) in [4.78, 5) is 19.3. The highest BCUT2D eigenvalue weighted by atomic mass is 35.5. The molecule has 0 saturated carbocycles. The quantitative estimate of drug-likeness (QED) is 0.728. The Morgan fingerprint density at radius 3 is 2.62 bits per heavy atom. The van der Waals surface area contributed by atoms with Crippen molar-refractivity contribution in [1.82, 2.24) is 4.98 Å². The summed E-state index contributed by atoms with van der Waals surface area (Å²) in [7, 11) is 0. The molecular formula is C21H20ClN3O. The SMILES string of the molecule is O=C(Nc1ccccc1)C1CCN(c2ccnc3cc(Cl)ccc23)CC1. The molecule has 132 valence electrons. The van der Waals surface area contributed by atoms with E-state index < -0.39 is 0 Å². The largest absolute Gasteiger partial charge is 0.371 e. The molecule has 0 radical (unpaired) electrons. The van der Waals surface area contributed by atoms with Gasteiger partial charge in [0.05, 0.1) is 5.52 Å². The smallest absolute Gasteiger partial charge is 0.227 e. The van der Waals surface area contributed by atoms with Crippen molar-refractivity contribution in [1.29, 1.82) is 0 Å². The van der Waals surface area contributed by atoms with Gasteiger partial charge in [0.25, 0.3) is 0 Å². The second-order valence-corrected chi connectivity index (χ2v) is 7.04. The first-order valence-electron chi connectivity index (χ1n) is 8.86. The van der Waals surface area contributed by atoms with Gasteiger partial charge in [-0.15, -0.1) is 0 Å². The summed E-state index contributed by atoms with van der Waals surface area (Å²) in [5, 5.41) is 4.81. The number of fused-ring (bicyclic) bond motifs is 1. The lowest BCUT2D eigenvalue weighted by atomic mass is 9.95. The van der Waals surface area contributed by atoms with Gasteiger partial charge in [0.2, 0.25) is 5.91 Å². The van der Waals surface area contributed by atoms with Crippen LogP contribution in [0.3, 0.4) is 0 Å². The van der Waals surface area contributed by atoms with Crippen LogP contribution in [0.5, 0.6) is 0 Å². The molecule has 0 unspecified atom stereocenters. The Balaban J connectivity index is 1.45. The molecule has 0 aliphatic carbocycles. The molecule has 5 heteroatoms. The van der Waals surface area contributed by atoms with Crippen LogP contribution in [0.15, 0.2) is 60.8 Å². The second kappa shape index (κ2) is 7.34. The third kappa shape index (κ3) is 3.51. The maximum absolute atomic E-state index is 12.5. The summed E-state index contributed by atoms with van der Waals surface area (Å²) in [6.07, 6.45) is 3.51. The van der Waals surface area contributed by atoms with Crippen LogP contribution in [0.4, 0.5) is 11.4 Å². The van der Waals surface area contributed by atoms with Crippen LogP contribution in [0, 0.1) is 5.92 Å². The fraction of sp³-hybridized carbons (Fsp3) is 0.238. The molecule has 0 spiro atoms. The fourth-order valence-corrected chi connectivity index (χ4v) is 3.70. The number of benzene rings is 2. The van der Waals surface area contributed by atoms with E-state index in [0.29, 0.717) is 5.02 Å². The van der Waals surface area contributed by atoms with Crippen molar-refractivity contribution in [3.63, 3.8) is 0 Å². The predicted molar refractivity (Wildman–Crippen MR) is 107 cm³/mol. The predicted octanol–water partition coefficient (Wildman–Crippen LogP) is 4.74. The first-order valence-corrected chi connectivity index (χ1v) is 9.23. The van der Waals surface area contributed by atoms with Crippen molar-refractivity contribution in [2.75, 3.05) is 23.3 Å². The van der Waals surface area contributed by atoms with Gasteiger partial charge in [-0.3, -0.25) is 9.78 Å². The molecule has 1 aromatic heterocycles. The number of hydrogen-bond donors (Lipinski definition) is 1. The van der Waals surface area contributed by atoms with Crippen LogP contribution in [-0.4, -0.2) is 24.0 Å². The first-order chi connectivity index (χ1) is 12.7. The van der Waals surface area contributed by atoms with Gasteiger partial charge in [-0.1, -0.05) is 29.8 Å². The minimum Gasteiger partial charge on any atom is -0.371 e. The van der Waals surface area contributed by atoms with E-state index in [0.717, 1.165) is 48.2 Å². The number of carbonyl (C=O) groups is 1. The molecule has 26 heavy (non-hydrogen) atoms. The van der Waals surface area contributed by atoms with Crippen LogP contribution in [0.2, 0.25) is 5.02 Å². The second-order valence-electron chi connectivity index (χ2n) is 6.61. The molecule has 3 aromatic rings. The zero-order valence-electron chi connectivity index (χ0n) is 14.4. The molecular weight excluding hydrogens is 346 g/mol. The number of aromatic nitrogens is 1. The van der Waals surface area contributed by atoms with Gasteiger partial charge >= 0.3 is 0 Å². The normalized spacial score (nSPS) is 15.2. The summed E-state index contributed by atoms with van der Waals surface area (Å²) in [6.45, 7) is 1.71. The van der Waals surface area contributed by atoms with Crippen LogP contribution >= 0.6 is 11.6 Å². The molecule has 2 aromatic carbocycles. The number of carbonyl (C=O) groups excluding carboxylic acids is 1. The number of hydrogen-bond acceptors (Lipinski definition) is 3. The van der Waals surface area contributed by atoms with Crippen molar-refractivity contribution >= 4 is 39.8 Å². The number of halogens is 1. The lowest BCUT2D eigenvalue weighted by molar-refractivity contribution is -0.120. The number of amides is 1. The standard InChI is InChI=1S/C21H20ClN3O/c22-16-6-7-18-19(14-16)23-11-8-20(18)25-12-9-15(10-13-25)21(26)24-17-4-2-1-3-5-17/h1-8,11,14-15H,9-10,12-13H2,(H,24,26). The minimum atomic E-state index is 0.0500. The monoisotopic (exact) mass is 365 g/mol. The van der Waals surface area contributed by atoms with Gasteiger partial charge < -0.3 is 10.2 Å². The van der Waals surface area contributed by atoms with Gasteiger partial charge in [0.15, 0.2) is 0 Å². The Morgan fingerprint density at radius 2 is 1.85 bits per heavy atom. The number of rotatable bonds is 3. The molecule has 4 nitrogen and oxygen atoms in total. The Hall–Kier alpha value is -2.59. The van der Waals surface area contributed by atoms with Gasteiger partial charge in [-0.25, -0.2) is 0 Å². The fourth-order valence-electron chi connectivity index (χ4n) is 3.53. The van der Waals surface area contributed by atoms with Crippen LogP contribution in [-0.2, 0) is 4.79 Å². The topological polar surface area (TPSA) is 45.2 Å². The third-order valence-electron chi connectivity index (χ3n) is 4.93. The van der Waals surface area contributed by atoms with Crippen molar-refractivity contribution in [3.05, 3.63) is 65.8 Å². The average molecular weight is 366 g/mol. The molecule has 1 N–H and O–H groups in total. The molecule has 4 rings (SSSR count). The number of nitrogens with one attached hydrogen (secondary N) is 1. The molecule has 1 aliphatic heterocycles. The molecule has 1 fully saturated rings. The highest BCUT2D eigenvalue weighted by molar-refractivity contribution is 6.31. The van der Waals surface area contributed by atoms with Crippen molar-refractivity contribution in [2.24, 2.45) is 5.92 Å². The summed E-state index contributed by atoms with van der Waals surface area (Å²) in [5.74, 6) is 0.163. The van der Waals surface area contributed by atoms with Gasteiger partial charge in [-0.05, 0) is 49.2 Å². The minimum absolute atomic E-state index is 0.0500. The van der Waals surface area contributed by atoms with E-state index in [1.54, 1.807) is 0 Å².